The van der Waals surface area contributed by atoms with E-state index in [0.29, 0.717) is 10.5 Å². The summed E-state index contributed by atoms with van der Waals surface area (Å²) >= 11 is 0. The maximum absolute atomic E-state index is 15.0. The first-order valence-corrected chi connectivity index (χ1v) is 10.7. The number of halogens is 1. The Labute approximate surface area is 201 Å². The Bertz CT molecular complexity index is 1290. The molecule has 0 atom stereocenters. The predicted octanol–water partition coefficient (Wildman–Crippen LogP) is 5.22. The van der Waals surface area contributed by atoms with Crippen molar-refractivity contribution in [1.82, 2.24) is 14.6 Å². The van der Waals surface area contributed by atoms with Gasteiger partial charge in [0.05, 0.1) is 5.56 Å². The molecule has 10 nitrogen and oxygen atoms in total. The van der Waals surface area contributed by atoms with Crippen LogP contribution in [0.4, 0.5) is 19.9 Å². The molecular formula is C24H27FN4O6. The smallest absolute Gasteiger partial charge is 0.427 e. The third-order valence-electron chi connectivity index (χ3n) is 4.55. The van der Waals surface area contributed by atoms with Crippen molar-refractivity contribution in [1.29, 1.82) is 0 Å². The lowest BCUT2D eigenvalue weighted by molar-refractivity contribution is 0.0426. The summed E-state index contributed by atoms with van der Waals surface area (Å²) in [5, 5.41) is 13.5. The molecule has 3 rings (SSSR count). The minimum atomic E-state index is -1.38. The van der Waals surface area contributed by atoms with E-state index in [1.165, 1.54) is 41.9 Å². The predicted molar refractivity (Wildman–Crippen MR) is 125 cm³/mol. The fourth-order valence-corrected chi connectivity index (χ4v) is 3.14. The first-order chi connectivity index (χ1) is 16.1. The van der Waals surface area contributed by atoms with E-state index in [1.807, 2.05) is 0 Å². The van der Waals surface area contributed by atoms with E-state index in [9.17, 15) is 23.9 Å². The van der Waals surface area contributed by atoms with Gasteiger partial charge in [0.25, 0.3) is 5.95 Å². The number of ether oxygens (including phenoxy) is 2. The van der Waals surface area contributed by atoms with Crippen LogP contribution in [0.3, 0.4) is 0 Å². The molecule has 0 radical (unpaired) electrons. The third kappa shape index (κ3) is 5.73. The summed E-state index contributed by atoms with van der Waals surface area (Å²) in [4.78, 5) is 42.0. The zero-order chi connectivity index (χ0) is 26.3. The molecule has 0 fully saturated rings. The van der Waals surface area contributed by atoms with Crippen LogP contribution in [0.2, 0.25) is 0 Å². The number of benzene rings is 1. The van der Waals surface area contributed by atoms with Crippen molar-refractivity contribution in [3.63, 3.8) is 0 Å². The zero-order valence-electron chi connectivity index (χ0n) is 20.5. The van der Waals surface area contributed by atoms with E-state index in [0.717, 1.165) is 0 Å². The Morgan fingerprint density at radius 1 is 1.00 bits per heavy atom. The molecule has 0 spiro atoms. The highest BCUT2D eigenvalue weighted by atomic mass is 19.1. The molecule has 0 aliphatic heterocycles. The van der Waals surface area contributed by atoms with Gasteiger partial charge in [-0.25, -0.2) is 23.3 Å². The number of aromatic nitrogens is 3. The number of rotatable bonds is 3. The maximum Gasteiger partial charge on any atom is 0.427 e. The molecule has 35 heavy (non-hydrogen) atoms. The molecule has 0 aliphatic carbocycles. The molecule has 11 heteroatoms. The molecular weight excluding hydrogens is 459 g/mol. The number of carbonyl (C=O) groups excluding carboxylic acids is 2. The molecule has 0 bridgehead atoms. The second kappa shape index (κ2) is 8.97. The van der Waals surface area contributed by atoms with Gasteiger partial charge in [-0.15, -0.1) is 10.00 Å². The van der Waals surface area contributed by atoms with Crippen LogP contribution in [-0.4, -0.2) is 49.1 Å². The Morgan fingerprint density at radius 3 is 2.09 bits per heavy atom. The minimum absolute atomic E-state index is 0.0520. The second-order valence-corrected chi connectivity index (χ2v) is 9.85. The average Bonchev–Trinajstić information content (AvgIpc) is 3.07. The molecule has 1 aromatic carbocycles. The number of nitrogens with zero attached hydrogens (tertiary/aromatic N) is 4. The van der Waals surface area contributed by atoms with Crippen molar-refractivity contribution in [2.75, 3.05) is 4.90 Å². The number of aromatic carboxylic acids is 1. The lowest BCUT2D eigenvalue weighted by Crippen LogP contribution is -2.44. The fraction of sp³-hybridized carbons (Fsp3) is 0.375. The summed E-state index contributed by atoms with van der Waals surface area (Å²) in [6.07, 6.45) is -0.611. The number of carboxylic acid groups (broad SMARTS) is 1. The topological polar surface area (TPSA) is 123 Å². The first kappa shape index (κ1) is 25.6. The van der Waals surface area contributed by atoms with Crippen molar-refractivity contribution < 1.29 is 33.4 Å². The van der Waals surface area contributed by atoms with Crippen molar-refractivity contribution in [2.24, 2.45) is 0 Å². The third-order valence-corrected chi connectivity index (χ3v) is 4.55. The van der Waals surface area contributed by atoms with E-state index in [-0.39, 0.29) is 22.7 Å². The molecule has 0 saturated carbocycles. The van der Waals surface area contributed by atoms with Gasteiger partial charge in [-0.1, -0.05) is 12.1 Å². The molecule has 0 aliphatic rings. The number of hydrogen-bond acceptors (Lipinski definition) is 7. The van der Waals surface area contributed by atoms with Crippen LogP contribution in [0.1, 0.15) is 57.5 Å². The molecule has 186 valence electrons. The van der Waals surface area contributed by atoms with Crippen LogP contribution >= 0.6 is 0 Å². The fourth-order valence-electron chi connectivity index (χ4n) is 3.14. The SMILES string of the molecule is Cc1ccc(-c2ccn3nc(N(C(=O)OC(C)(C)C)C(=O)OC(C)(C)C)nc3c2)c(F)c1C(=O)O. The van der Waals surface area contributed by atoms with Gasteiger partial charge in [0.2, 0.25) is 0 Å². The van der Waals surface area contributed by atoms with Gasteiger partial charge in [-0.2, -0.15) is 4.98 Å². The summed E-state index contributed by atoms with van der Waals surface area (Å²) in [6.45, 7) is 11.4. The minimum Gasteiger partial charge on any atom is -0.478 e. The molecule has 1 N–H and O–H groups in total. The van der Waals surface area contributed by atoms with E-state index in [1.54, 1.807) is 41.5 Å². The monoisotopic (exact) mass is 486 g/mol. The number of carbonyl (C=O) groups is 3. The number of amides is 2. The Hall–Kier alpha value is -4.02. The van der Waals surface area contributed by atoms with Gasteiger partial charge in [0.1, 0.15) is 17.0 Å². The van der Waals surface area contributed by atoms with Crippen LogP contribution in [0.5, 0.6) is 0 Å². The highest BCUT2D eigenvalue weighted by Gasteiger charge is 2.35. The average molecular weight is 487 g/mol. The van der Waals surface area contributed by atoms with Gasteiger partial charge in [-0.05, 0) is 71.7 Å². The lowest BCUT2D eigenvalue weighted by Gasteiger charge is -2.26. The van der Waals surface area contributed by atoms with Gasteiger partial charge in [0, 0.05) is 11.8 Å². The van der Waals surface area contributed by atoms with E-state index in [4.69, 9.17) is 9.47 Å². The second-order valence-electron chi connectivity index (χ2n) is 9.85. The van der Waals surface area contributed by atoms with Gasteiger partial charge in [0.15, 0.2) is 5.65 Å². The maximum atomic E-state index is 15.0. The Kier molecular flexibility index (Phi) is 6.56. The van der Waals surface area contributed by atoms with Gasteiger partial charge >= 0.3 is 18.2 Å². The number of hydrogen-bond donors (Lipinski definition) is 1. The van der Waals surface area contributed by atoms with Crippen LogP contribution in [-0.2, 0) is 9.47 Å². The normalized spacial score (nSPS) is 11.9. The summed E-state index contributed by atoms with van der Waals surface area (Å²) < 4.78 is 26.9. The standard InChI is InChI=1S/C24H27FN4O6/c1-13-8-9-15(18(25)17(13)19(30)31)14-10-11-28-16(12-14)26-20(27-28)29(21(32)34-23(2,3)4)22(33)35-24(5,6)7/h8-12H,1-7H3,(H,30,31). The lowest BCUT2D eigenvalue weighted by atomic mass is 9.99. The van der Waals surface area contributed by atoms with Crippen LogP contribution in [0, 0.1) is 12.7 Å². The van der Waals surface area contributed by atoms with Crippen LogP contribution in [0.25, 0.3) is 16.8 Å². The van der Waals surface area contributed by atoms with Crippen molar-refractivity contribution in [3.8, 4) is 11.1 Å². The molecule has 2 aromatic heterocycles. The highest BCUT2D eigenvalue weighted by molar-refractivity contribution is 6.08. The summed E-state index contributed by atoms with van der Waals surface area (Å²) in [5.41, 5.74) is -1.40. The molecule has 0 saturated heterocycles. The number of aryl methyl sites for hydroxylation is 1. The van der Waals surface area contributed by atoms with Crippen LogP contribution < -0.4 is 4.90 Å². The Morgan fingerprint density at radius 2 is 1.57 bits per heavy atom. The highest BCUT2D eigenvalue weighted by Crippen LogP contribution is 2.28. The zero-order valence-corrected chi connectivity index (χ0v) is 20.5. The molecule has 3 aromatic rings. The number of pyridine rings is 1. The van der Waals surface area contributed by atoms with Crippen LogP contribution in [0.15, 0.2) is 30.5 Å². The van der Waals surface area contributed by atoms with Crippen molar-refractivity contribution >= 4 is 29.8 Å². The summed E-state index contributed by atoms with van der Waals surface area (Å²) in [6, 6.07) is 5.94. The Balaban J connectivity index is 2.08. The largest absolute Gasteiger partial charge is 0.478 e. The van der Waals surface area contributed by atoms with Gasteiger partial charge < -0.3 is 14.6 Å². The van der Waals surface area contributed by atoms with Crippen molar-refractivity contribution in [3.05, 3.63) is 47.4 Å². The van der Waals surface area contributed by atoms with E-state index < -0.39 is 40.7 Å². The van der Waals surface area contributed by atoms with E-state index >= 15 is 0 Å². The summed E-state index contributed by atoms with van der Waals surface area (Å²) in [7, 11) is 0. The first-order valence-electron chi connectivity index (χ1n) is 10.7. The number of carboxylic acids is 1. The van der Waals surface area contributed by atoms with Gasteiger partial charge in [-0.3, -0.25) is 0 Å². The van der Waals surface area contributed by atoms with E-state index in [2.05, 4.69) is 10.1 Å². The molecule has 2 heterocycles. The number of imide groups is 1. The van der Waals surface area contributed by atoms with Crippen molar-refractivity contribution in [2.45, 2.75) is 59.7 Å². The number of anilines is 1. The summed E-state index contributed by atoms with van der Waals surface area (Å²) in [5.74, 6) is -2.56. The molecule has 0 unspecified atom stereocenters. The molecule has 2 amide bonds. The number of fused-ring (bicyclic) bond motifs is 1. The quantitative estimate of drug-likeness (QED) is 0.535.